The molecule has 0 saturated heterocycles. The topological polar surface area (TPSA) is 63.4 Å². The Balaban J connectivity index is 2.30. The first kappa shape index (κ1) is 12.3. The summed E-state index contributed by atoms with van der Waals surface area (Å²) in [5.41, 5.74) is 2.19. The van der Waals surface area contributed by atoms with Gasteiger partial charge >= 0.3 is 0 Å². The van der Waals surface area contributed by atoms with Gasteiger partial charge in [0.2, 0.25) is 0 Å². The Kier molecular flexibility index (Phi) is 3.41. The van der Waals surface area contributed by atoms with Gasteiger partial charge in [-0.2, -0.15) is 0 Å². The SMILES string of the molecule is CC1=CCN(c2ccc([N+](=O)[O-])c(C=O)c2)CC1. The fraction of sp³-hybridized carbons (Fsp3) is 0.308. The highest BCUT2D eigenvalue weighted by Crippen LogP contribution is 2.25. The van der Waals surface area contributed by atoms with Crippen LogP contribution >= 0.6 is 0 Å². The van der Waals surface area contributed by atoms with E-state index in [4.69, 9.17) is 0 Å². The van der Waals surface area contributed by atoms with Crippen LogP contribution in [0, 0.1) is 10.1 Å². The number of carbonyl (C=O) groups is 1. The normalized spacial score (nSPS) is 15.2. The van der Waals surface area contributed by atoms with Gasteiger partial charge in [-0.1, -0.05) is 11.6 Å². The van der Waals surface area contributed by atoms with Gasteiger partial charge in [-0.05, 0) is 25.5 Å². The lowest BCUT2D eigenvalue weighted by Gasteiger charge is -2.27. The molecule has 0 aliphatic carbocycles. The van der Waals surface area contributed by atoms with Gasteiger partial charge in [0, 0.05) is 24.8 Å². The van der Waals surface area contributed by atoms with Crippen LogP contribution in [0.1, 0.15) is 23.7 Å². The fourth-order valence-electron chi connectivity index (χ4n) is 2.00. The Morgan fingerprint density at radius 1 is 1.44 bits per heavy atom. The van der Waals surface area contributed by atoms with Gasteiger partial charge in [0.25, 0.3) is 5.69 Å². The molecule has 5 heteroatoms. The van der Waals surface area contributed by atoms with Crippen molar-refractivity contribution in [3.05, 3.63) is 45.5 Å². The van der Waals surface area contributed by atoms with E-state index in [0.29, 0.717) is 6.29 Å². The summed E-state index contributed by atoms with van der Waals surface area (Å²) in [7, 11) is 0. The number of nitro groups is 1. The van der Waals surface area contributed by atoms with Gasteiger partial charge in [-0.15, -0.1) is 0 Å². The number of nitrogens with zero attached hydrogens (tertiary/aromatic N) is 2. The van der Waals surface area contributed by atoms with E-state index in [2.05, 4.69) is 17.9 Å². The average Bonchev–Trinajstić information content (AvgIpc) is 2.38. The molecule has 0 saturated carbocycles. The van der Waals surface area contributed by atoms with Crippen molar-refractivity contribution in [3.8, 4) is 0 Å². The molecule has 0 spiro atoms. The minimum atomic E-state index is -0.534. The van der Waals surface area contributed by atoms with Crippen LogP contribution in [0.4, 0.5) is 11.4 Å². The summed E-state index contributed by atoms with van der Waals surface area (Å²) < 4.78 is 0. The average molecular weight is 246 g/mol. The largest absolute Gasteiger partial charge is 0.367 e. The molecule has 18 heavy (non-hydrogen) atoms. The smallest absolute Gasteiger partial charge is 0.280 e. The summed E-state index contributed by atoms with van der Waals surface area (Å²) in [5.74, 6) is 0. The molecule has 0 aromatic heterocycles. The number of nitro benzene ring substituents is 1. The lowest BCUT2D eigenvalue weighted by molar-refractivity contribution is -0.385. The summed E-state index contributed by atoms with van der Waals surface area (Å²) in [6.07, 6.45) is 3.64. The van der Waals surface area contributed by atoms with E-state index in [0.717, 1.165) is 25.2 Å². The van der Waals surface area contributed by atoms with Gasteiger partial charge in [0.1, 0.15) is 0 Å². The number of hydrogen-bond donors (Lipinski definition) is 0. The van der Waals surface area contributed by atoms with Gasteiger partial charge in [0.05, 0.1) is 10.5 Å². The summed E-state index contributed by atoms with van der Waals surface area (Å²) in [6, 6.07) is 4.67. The van der Waals surface area contributed by atoms with E-state index in [1.54, 1.807) is 12.1 Å². The summed E-state index contributed by atoms with van der Waals surface area (Å²) in [5, 5.41) is 10.7. The third-order valence-electron chi connectivity index (χ3n) is 3.14. The minimum absolute atomic E-state index is 0.128. The third kappa shape index (κ3) is 2.40. The van der Waals surface area contributed by atoms with Crippen molar-refractivity contribution in [1.82, 2.24) is 0 Å². The number of carbonyl (C=O) groups excluding carboxylic acids is 1. The molecular formula is C13H14N2O3. The molecule has 94 valence electrons. The maximum atomic E-state index is 10.9. The monoisotopic (exact) mass is 246 g/mol. The number of rotatable bonds is 3. The molecule has 2 rings (SSSR count). The third-order valence-corrected chi connectivity index (χ3v) is 3.14. The lowest BCUT2D eigenvalue weighted by Crippen LogP contribution is -2.28. The molecule has 0 amide bonds. The lowest BCUT2D eigenvalue weighted by atomic mass is 10.1. The van der Waals surface area contributed by atoms with E-state index in [9.17, 15) is 14.9 Å². The Bertz CT molecular complexity index is 523. The zero-order valence-electron chi connectivity index (χ0n) is 10.1. The van der Waals surface area contributed by atoms with Gasteiger partial charge in [0.15, 0.2) is 6.29 Å². The highest BCUT2D eigenvalue weighted by Gasteiger charge is 2.16. The van der Waals surface area contributed by atoms with E-state index in [1.807, 2.05) is 0 Å². The van der Waals surface area contributed by atoms with Crippen molar-refractivity contribution < 1.29 is 9.72 Å². The van der Waals surface area contributed by atoms with Crippen molar-refractivity contribution in [2.75, 3.05) is 18.0 Å². The first-order chi connectivity index (χ1) is 8.61. The fourth-order valence-corrected chi connectivity index (χ4v) is 2.00. The van der Waals surface area contributed by atoms with Crippen LogP contribution in [-0.2, 0) is 0 Å². The standard InChI is InChI=1S/C13H14N2O3/c1-10-4-6-14(7-5-10)12-2-3-13(15(17)18)11(8-12)9-16/h2-4,8-9H,5-7H2,1H3. The molecule has 1 aliphatic heterocycles. The van der Waals surface area contributed by atoms with Crippen LogP contribution in [-0.4, -0.2) is 24.3 Å². The number of anilines is 1. The van der Waals surface area contributed by atoms with Gasteiger partial charge in [-0.3, -0.25) is 14.9 Å². The molecule has 1 aromatic carbocycles. The predicted molar refractivity (Wildman–Crippen MR) is 69.1 cm³/mol. The minimum Gasteiger partial charge on any atom is -0.367 e. The van der Waals surface area contributed by atoms with Crippen molar-refractivity contribution in [2.45, 2.75) is 13.3 Å². The van der Waals surface area contributed by atoms with Crippen molar-refractivity contribution >= 4 is 17.7 Å². The highest BCUT2D eigenvalue weighted by atomic mass is 16.6. The summed E-state index contributed by atoms with van der Waals surface area (Å²) in [4.78, 5) is 23.2. The molecule has 0 atom stereocenters. The van der Waals surface area contributed by atoms with Crippen LogP contribution in [0.25, 0.3) is 0 Å². The van der Waals surface area contributed by atoms with Crippen LogP contribution in [0.15, 0.2) is 29.8 Å². The number of hydrogen-bond acceptors (Lipinski definition) is 4. The summed E-state index contributed by atoms with van der Waals surface area (Å²) >= 11 is 0. The Labute approximate surface area is 105 Å². The van der Waals surface area contributed by atoms with Crippen molar-refractivity contribution in [3.63, 3.8) is 0 Å². The molecule has 1 aromatic rings. The van der Waals surface area contributed by atoms with E-state index in [1.165, 1.54) is 11.6 Å². The molecule has 5 nitrogen and oxygen atoms in total. The zero-order valence-corrected chi connectivity index (χ0v) is 10.1. The van der Waals surface area contributed by atoms with E-state index < -0.39 is 4.92 Å². The van der Waals surface area contributed by atoms with Crippen LogP contribution in [0.2, 0.25) is 0 Å². The summed E-state index contributed by atoms with van der Waals surface area (Å²) in [6.45, 7) is 3.74. The highest BCUT2D eigenvalue weighted by molar-refractivity contribution is 5.83. The molecule has 0 bridgehead atoms. The van der Waals surface area contributed by atoms with Crippen molar-refractivity contribution in [1.29, 1.82) is 0 Å². The second kappa shape index (κ2) is 5.00. The zero-order chi connectivity index (χ0) is 13.1. The van der Waals surface area contributed by atoms with E-state index in [-0.39, 0.29) is 11.3 Å². The van der Waals surface area contributed by atoms with Crippen LogP contribution in [0.5, 0.6) is 0 Å². The van der Waals surface area contributed by atoms with Crippen LogP contribution in [0.3, 0.4) is 0 Å². The Morgan fingerprint density at radius 3 is 2.78 bits per heavy atom. The Morgan fingerprint density at radius 2 is 2.22 bits per heavy atom. The van der Waals surface area contributed by atoms with Crippen LogP contribution < -0.4 is 4.90 Å². The first-order valence-electron chi connectivity index (χ1n) is 5.76. The molecular weight excluding hydrogens is 232 g/mol. The second-order valence-corrected chi connectivity index (χ2v) is 4.36. The second-order valence-electron chi connectivity index (χ2n) is 4.36. The first-order valence-corrected chi connectivity index (χ1v) is 5.76. The maximum absolute atomic E-state index is 10.9. The molecule has 0 radical (unpaired) electrons. The maximum Gasteiger partial charge on any atom is 0.280 e. The molecule has 0 N–H and O–H groups in total. The molecule has 0 unspecified atom stereocenters. The van der Waals surface area contributed by atoms with Gasteiger partial charge < -0.3 is 4.90 Å². The molecule has 1 heterocycles. The number of aldehydes is 1. The quantitative estimate of drug-likeness (QED) is 0.356. The number of benzene rings is 1. The molecule has 0 fully saturated rings. The Hall–Kier alpha value is -2.17. The van der Waals surface area contributed by atoms with Crippen molar-refractivity contribution in [2.24, 2.45) is 0 Å². The van der Waals surface area contributed by atoms with E-state index >= 15 is 0 Å². The predicted octanol–water partition coefficient (Wildman–Crippen LogP) is 2.56. The molecule has 1 aliphatic rings. The van der Waals surface area contributed by atoms with Gasteiger partial charge in [-0.25, -0.2) is 0 Å².